The quantitative estimate of drug-likeness (QED) is 0.507. The first-order valence-electron chi connectivity index (χ1n) is 9.58. The molecule has 0 fully saturated rings. The molecule has 2 unspecified atom stereocenters. The van der Waals surface area contributed by atoms with Gasteiger partial charge in [0.25, 0.3) is 0 Å². The summed E-state index contributed by atoms with van der Waals surface area (Å²) in [4.78, 5) is 7.79. The van der Waals surface area contributed by atoms with E-state index in [9.17, 15) is 4.39 Å². The Morgan fingerprint density at radius 3 is 2.89 bits per heavy atom. The van der Waals surface area contributed by atoms with Crippen LogP contribution in [0.4, 0.5) is 4.39 Å². The van der Waals surface area contributed by atoms with Crippen molar-refractivity contribution < 1.29 is 4.39 Å². The van der Waals surface area contributed by atoms with Crippen LogP contribution in [0.5, 0.6) is 0 Å². The molecule has 0 spiro atoms. The predicted molar refractivity (Wildman–Crippen MR) is 109 cm³/mol. The Labute approximate surface area is 159 Å². The van der Waals surface area contributed by atoms with Crippen LogP contribution < -0.4 is 22.1 Å². The molecule has 6 nitrogen and oxygen atoms in total. The zero-order chi connectivity index (χ0) is 19.4. The summed E-state index contributed by atoms with van der Waals surface area (Å²) in [5.74, 6) is -0.311. The maximum atomic E-state index is 14.1. The van der Waals surface area contributed by atoms with Gasteiger partial charge in [-0.2, -0.15) is 0 Å². The van der Waals surface area contributed by atoms with Crippen LogP contribution in [-0.2, 0) is 0 Å². The van der Waals surface area contributed by atoms with Crippen LogP contribution in [-0.4, -0.2) is 30.1 Å². The summed E-state index contributed by atoms with van der Waals surface area (Å²) in [6.45, 7) is 4.76. The molecule has 0 saturated carbocycles. The zero-order valence-corrected chi connectivity index (χ0v) is 15.9. The Balaban J connectivity index is 1.92. The third kappa shape index (κ3) is 4.21. The summed E-state index contributed by atoms with van der Waals surface area (Å²) in [7, 11) is 0. The van der Waals surface area contributed by atoms with Crippen LogP contribution in [0.25, 0.3) is 11.8 Å². The SMILES string of the molecule is CCC[C@@H](CN)NC1N=CC(CC)=C(c2c[nH]c3c2C=C(F)C=CC3N)N1. The molecule has 1 aliphatic carbocycles. The number of fused-ring (bicyclic) bond motifs is 1. The summed E-state index contributed by atoms with van der Waals surface area (Å²) in [5, 5.41) is 6.91. The molecule has 2 aliphatic rings. The van der Waals surface area contributed by atoms with Gasteiger partial charge in [0.15, 0.2) is 6.29 Å². The average Bonchev–Trinajstić information content (AvgIpc) is 3.02. The van der Waals surface area contributed by atoms with Gasteiger partial charge in [-0.1, -0.05) is 26.3 Å². The summed E-state index contributed by atoms with van der Waals surface area (Å²) in [5.41, 5.74) is 16.5. The molecule has 0 amide bonds. The average molecular weight is 372 g/mol. The number of halogens is 1. The zero-order valence-electron chi connectivity index (χ0n) is 15.9. The summed E-state index contributed by atoms with van der Waals surface area (Å²) in [6.07, 6.45) is 10.9. The minimum atomic E-state index is -0.374. The van der Waals surface area contributed by atoms with Gasteiger partial charge in [-0.3, -0.25) is 10.3 Å². The Bertz CT molecular complexity index is 788. The summed E-state index contributed by atoms with van der Waals surface area (Å²) < 4.78 is 14.1. The molecule has 1 aliphatic heterocycles. The fourth-order valence-corrected chi connectivity index (χ4v) is 3.51. The van der Waals surface area contributed by atoms with E-state index in [1.54, 1.807) is 6.08 Å². The van der Waals surface area contributed by atoms with E-state index in [-0.39, 0.29) is 24.2 Å². The van der Waals surface area contributed by atoms with Gasteiger partial charge in [-0.05, 0) is 30.6 Å². The molecule has 7 N–H and O–H groups in total. The number of H-pyrrole nitrogens is 1. The lowest BCUT2D eigenvalue weighted by Crippen LogP contribution is -2.49. The molecule has 0 bridgehead atoms. The van der Waals surface area contributed by atoms with Crippen LogP contribution >= 0.6 is 0 Å². The number of nitrogens with two attached hydrogens (primary N) is 2. The van der Waals surface area contributed by atoms with Crippen molar-refractivity contribution in [3.05, 3.63) is 46.6 Å². The van der Waals surface area contributed by atoms with E-state index in [4.69, 9.17) is 11.5 Å². The molecule has 0 aromatic carbocycles. The third-order valence-corrected chi connectivity index (χ3v) is 4.98. The second kappa shape index (κ2) is 8.65. The van der Waals surface area contributed by atoms with E-state index in [1.165, 1.54) is 12.2 Å². The molecule has 3 atom stereocenters. The van der Waals surface area contributed by atoms with Crippen LogP contribution in [0.15, 0.2) is 34.7 Å². The van der Waals surface area contributed by atoms with Gasteiger partial charge in [0.1, 0.15) is 5.83 Å². The molecule has 3 rings (SSSR count). The van der Waals surface area contributed by atoms with E-state index in [2.05, 4.69) is 34.5 Å². The van der Waals surface area contributed by atoms with Crippen LogP contribution in [0.2, 0.25) is 0 Å². The van der Waals surface area contributed by atoms with Crippen LogP contribution in [0.3, 0.4) is 0 Å². The number of nitrogens with zero attached hydrogens (tertiary/aromatic N) is 1. The molecule has 1 aromatic heterocycles. The Kier molecular flexibility index (Phi) is 6.26. The molecule has 1 aromatic rings. The fourth-order valence-electron chi connectivity index (χ4n) is 3.51. The standard InChI is InChI=1S/C20H29FN6/c1-3-5-14(9-22)26-20-25-10-12(4-2)18(27-20)16-11-24-19-15(16)8-13(21)6-7-17(19)23/h6-8,10-11,14,17,20,24,26-27H,3-5,9,22-23H2,1-2H3/t14-,17?,20?/m0/s1. The monoisotopic (exact) mass is 372 g/mol. The minimum absolute atomic E-state index is 0.187. The van der Waals surface area contributed by atoms with Gasteiger partial charge in [0.05, 0.1) is 11.7 Å². The normalized spacial score (nSPS) is 22.9. The number of nitrogens with one attached hydrogen (secondary N) is 3. The molecule has 7 heteroatoms. The first-order valence-corrected chi connectivity index (χ1v) is 9.58. The van der Waals surface area contributed by atoms with E-state index in [0.29, 0.717) is 6.54 Å². The minimum Gasteiger partial charge on any atom is -0.362 e. The number of hydrogen-bond donors (Lipinski definition) is 5. The predicted octanol–water partition coefficient (Wildman–Crippen LogP) is 2.69. The van der Waals surface area contributed by atoms with Crippen LogP contribution in [0.1, 0.15) is 56.0 Å². The van der Waals surface area contributed by atoms with Crippen molar-refractivity contribution in [3.8, 4) is 0 Å². The highest BCUT2D eigenvalue weighted by atomic mass is 19.1. The molecule has 0 saturated heterocycles. The first kappa shape index (κ1) is 19.5. The van der Waals surface area contributed by atoms with E-state index >= 15 is 0 Å². The Hall–Kier alpha value is -2.22. The molecular weight excluding hydrogens is 343 g/mol. The first-order chi connectivity index (χ1) is 13.1. The maximum absolute atomic E-state index is 14.1. The van der Waals surface area contributed by atoms with Gasteiger partial charge in [-0.25, -0.2) is 4.39 Å². The number of rotatable bonds is 7. The lowest BCUT2D eigenvalue weighted by atomic mass is 10.00. The number of hydrogen-bond acceptors (Lipinski definition) is 5. The number of allylic oxidation sites excluding steroid dienone is 3. The topological polar surface area (TPSA) is 104 Å². The second-order valence-electron chi connectivity index (χ2n) is 6.91. The van der Waals surface area contributed by atoms with Crippen molar-refractivity contribution in [2.75, 3.05) is 6.54 Å². The lowest BCUT2D eigenvalue weighted by Gasteiger charge is -2.28. The Morgan fingerprint density at radius 1 is 1.37 bits per heavy atom. The smallest absolute Gasteiger partial charge is 0.174 e. The van der Waals surface area contributed by atoms with Gasteiger partial charge < -0.3 is 21.8 Å². The van der Waals surface area contributed by atoms with Crippen molar-refractivity contribution in [1.29, 1.82) is 0 Å². The largest absolute Gasteiger partial charge is 0.362 e. The van der Waals surface area contributed by atoms with Gasteiger partial charge in [0, 0.05) is 41.8 Å². The highest BCUT2D eigenvalue weighted by molar-refractivity contribution is 5.94. The van der Waals surface area contributed by atoms with Crippen molar-refractivity contribution in [2.24, 2.45) is 16.5 Å². The molecular formula is C20H29FN6. The number of aromatic amines is 1. The van der Waals surface area contributed by atoms with Crippen molar-refractivity contribution in [1.82, 2.24) is 15.6 Å². The second-order valence-corrected chi connectivity index (χ2v) is 6.91. The molecule has 146 valence electrons. The van der Waals surface area contributed by atoms with E-state index in [1.807, 2.05) is 12.4 Å². The van der Waals surface area contributed by atoms with Crippen LogP contribution in [0, 0.1) is 0 Å². The van der Waals surface area contributed by atoms with Gasteiger partial charge >= 0.3 is 0 Å². The maximum Gasteiger partial charge on any atom is 0.174 e. The van der Waals surface area contributed by atoms with Gasteiger partial charge in [-0.15, -0.1) is 0 Å². The fraction of sp³-hybridized carbons (Fsp3) is 0.450. The Morgan fingerprint density at radius 2 is 2.19 bits per heavy atom. The number of aliphatic imine (C=N–C) groups is 1. The van der Waals surface area contributed by atoms with Crippen molar-refractivity contribution >= 4 is 18.0 Å². The lowest BCUT2D eigenvalue weighted by molar-refractivity contribution is 0.395. The molecule has 2 heterocycles. The summed E-state index contributed by atoms with van der Waals surface area (Å²) >= 11 is 0. The highest BCUT2D eigenvalue weighted by Gasteiger charge is 2.24. The molecule has 0 radical (unpaired) electrons. The van der Waals surface area contributed by atoms with E-state index < -0.39 is 0 Å². The third-order valence-electron chi connectivity index (χ3n) is 4.98. The van der Waals surface area contributed by atoms with Crippen molar-refractivity contribution in [2.45, 2.75) is 51.5 Å². The molecule has 27 heavy (non-hydrogen) atoms. The van der Waals surface area contributed by atoms with E-state index in [0.717, 1.165) is 47.4 Å². The van der Waals surface area contributed by atoms with Crippen molar-refractivity contribution in [3.63, 3.8) is 0 Å². The van der Waals surface area contributed by atoms with Gasteiger partial charge in [0.2, 0.25) is 0 Å². The number of aromatic nitrogens is 1. The summed E-state index contributed by atoms with van der Waals surface area (Å²) in [6, 6.07) is -0.186. The highest BCUT2D eigenvalue weighted by Crippen LogP contribution is 2.32.